The average Bonchev–Trinajstić information content (AvgIpc) is 3.24. The molecule has 4 atom stereocenters. The van der Waals surface area contributed by atoms with Gasteiger partial charge >= 0.3 is 0 Å². The Kier molecular flexibility index (Phi) is 5.04. The van der Waals surface area contributed by atoms with Crippen LogP contribution in [-0.2, 0) is 16.2 Å². The molecular formula is C18H23N5O5. The summed E-state index contributed by atoms with van der Waals surface area (Å²) in [7, 11) is 0. The molecule has 2 aromatic rings. The molecule has 2 aliphatic heterocycles. The monoisotopic (exact) mass is 389 g/mol. The van der Waals surface area contributed by atoms with E-state index >= 15 is 0 Å². The van der Waals surface area contributed by atoms with Gasteiger partial charge in [0.2, 0.25) is 0 Å². The van der Waals surface area contributed by atoms with Gasteiger partial charge in [-0.25, -0.2) is 15.0 Å². The number of hydroxylamine groups is 2. The van der Waals surface area contributed by atoms with Crippen molar-refractivity contribution >= 4 is 5.82 Å². The average molecular weight is 389 g/mol. The van der Waals surface area contributed by atoms with E-state index < -0.39 is 31.1 Å². The van der Waals surface area contributed by atoms with E-state index in [1.807, 2.05) is 31.2 Å². The lowest BCUT2D eigenvalue weighted by molar-refractivity contribution is -0.124. The molecule has 1 aromatic heterocycles. The topological polar surface area (TPSA) is 139 Å². The number of aryl methyl sites for hydroxylation is 1. The lowest BCUT2D eigenvalue weighted by Crippen LogP contribution is -2.47. The van der Waals surface area contributed by atoms with E-state index in [0.29, 0.717) is 23.3 Å². The van der Waals surface area contributed by atoms with Crippen LogP contribution >= 0.6 is 0 Å². The molecule has 0 spiro atoms. The third-order valence-electron chi connectivity index (χ3n) is 5.06. The van der Waals surface area contributed by atoms with Crippen molar-refractivity contribution in [2.45, 2.75) is 38.1 Å². The number of hydrogen-bond donors (Lipinski definition) is 4. The van der Waals surface area contributed by atoms with E-state index in [-0.39, 0.29) is 6.67 Å². The Hall–Kier alpha value is -2.50. The van der Waals surface area contributed by atoms with Crippen LogP contribution in [0.3, 0.4) is 0 Å². The summed E-state index contributed by atoms with van der Waals surface area (Å²) in [4.78, 5) is 14.5. The molecule has 0 aliphatic carbocycles. The molecule has 0 radical (unpaired) electrons. The molecule has 150 valence electrons. The summed E-state index contributed by atoms with van der Waals surface area (Å²) >= 11 is 0. The molecule has 5 N–H and O–H groups in total. The molecule has 0 unspecified atom stereocenters. The maximum absolute atomic E-state index is 10.2. The minimum Gasteiger partial charge on any atom is -0.394 e. The van der Waals surface area contributed by atoms with Crippen LogP contribution in [0.1, 0.15) is 17.4 Å². The Bertz CT molecular complexity index is 977. The van der Waals surface area contributed by atoms with Crippen molar-refractivity contribution < 1.29 is 24.9 Å². The highest BCUT2D eigenvalue weighted by Crippen LogP contribution is 2.27. The summed E-state index contributed by atoms with van der Waals surface area (Å²) in [6.45, 7) is 2.09. The van der Waals surface area contributed by atoms with Crippen LogP contribution in [0.25, 0.3) is 5.82 Å². The van der Waals surface area contributed by atoms with Gasteiger partial charge in [-0.3, -0.25) is 9.40 Å². The molecule has 1 fully saturated rings. The first-order valence-corrected chi connectivity index (χ1v) is 8.95. The van der Waals surface area contributed by atoms with Gasteiger partial charge in [-0.15, -0.1) is 0 Å². The zero-order chi connectivity index (χ0) is 19.8. The maximum Gasteiger partial charge on any atom is 0.165 e. The molecule has 0 bridgehead atoms. The van der Waals surface area contributed by atoms with Crippen LogP contribution in [0, 0.1) is 6.92 Å². The lowest BCUT2D eigenvalue weighted by atomic mass is 10.1. The van der Waals surface area contributed by atoms with Gasteiger partial charge in [0.25, 0.3) is 0 Å². The quantitative estimate of drug-likeness (QED) is 0.454. The van der Waals surface area contributed by atoms with Crippen LogP contribution < -0.4 is 16.6 Å². The van der Waals surface area contributed by atoms with E-state index in [0.717, 1.165) is 11.1 Å². The zero-order valence-electron chi connectivity index (χ0n) is 15.3. The van der Waals surface area contributed by atoms with Crippen molar-refractivity contribution in [2.24, 2.45) is 10.7 Å². The fraction of sp³-hybridized carbons (Fsp3) is 0.444. The number of aliphatic hydroxyl groups excluding tert-OH is 3. The Morgan fingerprint density at radius 3 is 2.79 bits per heavy atom. The lowest BCUT2D eigenvalue weighted by Gasteiger charge is -2.24. The van der Waals surface area contributed by atoms with Crippen molar-refractivity contribution in [2.75, 3.05) is 13.3 Å². The Morgan fingerprint density at radius 2 is 2.07 bits per heavy atom. The smallest absolute Gasteiger partial charge is 0.165 e. The number of imidazole rings is 1. The molecule has 0 amide bonds. The molecule has 1 aromatic carbocycles. The Morgan fingerprint density at radius 1 is 1.29 bits per heavy atom. The van der Waals surface area contributed by atoms with Crippen LogP contribution in [0.15, 0.2) is 35.6 Å². The second-order valence-electron chi connectivity index (χ2n) is 6.82. The molecule has 10 nitrogen and oxygen atoms in total. The molecule has 4 rings (SSSR count). The number of nitrogens with two attached hydrogens (primary N) is 1. The van der Waals surface area contributed by atoms with E-state index in [2.05, 4.69) is 9.98 Å². The first-order chi connectivity index (χ1) is 13.5. The molecule has 10 heteroatoms. The van der Waals surface area contributed by atoms with Crippen molar-refractivity contribution in [1.29, 1.82) is 0 Å². The number of rotatable bonds is 5. The van der Waals surface area contributed by atoms with Gasteiger partial charge in [-0.05, 0) is 18.1 Å². The normalized spacial score (nSPS) is 27.0. The standard InChI is InChI=1S/C18H23N5O5/c1-10-4-2-3-5-11(10)7-27-23-9-21-17-13(16(23)19)20-8-22(17)18-15(26)14(25)12(6-24)28-18/h2-5,8,12,14-15,18,24-26H,6-7,9,19H2,1H3/t12-,14-,15-,18-/m1/s1. The zero-order valence-corrected chi connectivity index (χ0v) is 15.3. The van der Waals surface area contributed by atoms with Crippen LogP contribution in [0.5, 0.6) is 0 Å². The number of aromatic nitrogens is 2. The minimum absolute atomic E-state index is 0.144. The first-order valence-electron chi connectivity index (χ1n) is 8.95. The fourth-order valence-corrected chi connectivity index (χ4v) is 3.34. The predicted molar refractivity (Wildman–Crippen MR) is 96.3 cm³/mol. The highest BCUT2D eigenvalue weighted by atomic mass is 16.7. The predicted octanol–water partition coefficient (Wildman–Crippen LogP) is -2.15. The van der Waals surface area contributed by atoms with Crippen LogP contribution in [-0.4, -0.2) is 61.5 Å². The highest BCUT2D eigenvalue weighted by molar-refractivity contribution is 5.34. The number of nitrogens with zero attached hydrogens (tertiary/aromatic N) is 4. The van der Waals surface area contributed by atoms with Crippen LogP contribution in [0.2, 0.25) is 0 Å². The van der Waals surface area contributed by atoms with Crippen LogP contribution in [0.4, 0.5) is 0 Å². The van der Waals surface area contributed by atoms with Gasteiger partial charge in [0.1, 0.15) is 36.9 Å². The van der Waals surface area contributed by atoms with Gasteiger partial charge < -0.3 is 25.8 Å². The summed E-state index contributed by atoms with van der Waals surface area (Å²) in [6, 6.07) is 7.90. The largest absolute Gasteiger partial charge is 0.394 e. The second kappa shape index (κ2) is 7.49. The second-order valence-corrected chi connectivity index (χ2v) is 6.82. The molecule has 2 aliphatic rings. The minimum atomic E-state index is -1.22. The number of fused-ring (bicyclic) bond motifs is 1. The van der Waals surface area contributed by atoms with Crippen molar-refractivity contribution in [1.82, 2.24) is 14.6 Å². The fourth-order valence-electron chi connectivity index (χ4n) is 3.34. The third-order valence-corrected chi connectivity index (χ3v) is 5.06. The van der Waals surface area contributed by atoms with E-state index in [4.69, 9.17) is 15.3 Å². The summed E-state index contributed by atoms with van der Waals surface area (Å²) in [5, 5.41) is 31.3. The number of ether oxygens (including phenoxy) is 1. The maximum atomic E-state index is 10.2. The number of aliphatic hydroxyl groups is 3. The number of benzene rings is 1. The van der Waals surface area contributed by atoms with E-state index in [1.54, 1.807) is 0 Å². The van der Waals surface area contributed by atoms with Gasteiger partial charge in [-0.1, -0.05) is 24.3 Å². The summed E-state index contributed by atoms with van der Waals surface area (Å²) in [6.07, 6.45) is -2.78. The number of hydrogen-bond acceptors (Lipinski definition) is 9. The molecule has 1 saturated heterocycles. The molecule has 3 heterocycles. The van der Waals surface area contributed by atoms with E-state index in [9.17, 15) is 15.3 Å². The van der Waals surface area contributed by atoms with Crippen molar-refractivity contribution in [3.8, 4) is 0 Å². The summed E-state index contributed by atoms with van der Waals surface area (Å²) in [5.41, 5.74) is 8.78. The van der Waals surface area contributed by atoms with Gasteiger partial charge in [0, 0.05) is 0 Å². The van der Waals surface area contributed by atoms with Gasteiger partial charge in [0.05, 0.1) is 12.9 Å². The Labute approximate surface area is 160 Å². The molecule has 0 saturated carbocycles. The van der Waals surface area contributed by atoms with Gasteiger partial charge in [0.15, 0.2) is 17.5 Å². The molecule has 28 heavy (non-hydrogen) atoms. The summed E-state index contributed by atoms with van der Waals surface area (Å²) < 4.78 is 7.05. The van der Waals surface area contributed by atoms with Crippen molar-refractivity contribution in [3.63, 3.8) is 0 Å². The Balaban J connectivity index is 1.57. The third kappa shape index (κ3) is 3.15. The molecular weight excluding hydrogens is 366 g/mol. The SMILES string of the molecule is Cc1ccccc1CON1CN=c2c(ncn2[C@@H]2O[C@H](CO)[C@@H](O)[C@H]2O)=C1N. The summed E-state index contributed by atoms with van der Waals surface area (Å²) in [5.74, 6) is 0.295. The van der Waals surface area contributed by atoms with E-state index in [1.165, 1.54) is 16.0 Å². The van der Waals surface area contributed by atoms with Crippen molar-refractivity contribution in [3.05, 3.63) is 52.6 Å². The van der Waals surface area contributed by atoms with Gasteiger partial charge in [-0.2, -0.15) is 0 Å². The highest BCUT2D eigenvalue weighted by Gasteiger charge is 2.43. The first kappa shape index (κ1) is 18.8.